The first kappa shape index (κ1) is 18.6. The zero-order chi connectivity index (χ0) is 14.5. The molecular formula is C13H19ClF2N2O2. The van der Waals surface area contributed by atoms with Crippen molar-refractivity contribution in [3.05, 3.63) is 29.8 Å². The van der Waals surface area contributed by atoms with Crippen LogP contribution in [0.1, 0.15) is 19.4 Å². The van der Waals surface area contributed by atoms with Crippen LogP contribution in [0.5, 0.6) is 5.75 Å². The average molecular weight is 309 g/mol. The zero-order valence-corrected chi connectivity index (χ0v) is 12.2. The van der Waals surface area contributed by atoms with Crippen molar-refractivity contribution in [1.82, 2.24) is 5.32 Å². The summed E-state index contributed by atoms with van der Waals surface area (Å²) in [7, 11) is 0. The second-order valence-corrected chi connectivity index (χ2v) is 4.96. The molecule has 0 fully saturated rings. The molecule has 7 heteroatoms. The summed E-state index contributed by atoms with van der Waals surface area (Å²) in [5.74, 6) is -0.0942. The lowest BCUT2D eigenvalue weighted by atomic mass is 10.1. The number of ether oxygens (including phenoxy) is 1. The summed E-state index contributed by atoms with van der Waals surface area (Å²) in [5, 5.41) is 2.70. The Bertz CT molecular complexity index is 419. The predicted octanol–water partition coefficient (Wildman–Crippen LogP) is 2.11. The van der Waals surface area contributed by atoms with Gasteiger partial charge in [-0.15, -0.1) is 12.4 Å². The molecule has 0 aliphatic rings. The molecular weight excluding hydrogens is 290 g/mol. The van der Waals surface area contributed by atoms with Gasteiger partial charge in [-0.05, 0) is 31.5 Å². The molecule has 0 aliphatic heterocycles. The lowest BCUT2D eigenvalue weighted by Gasteiger charge is -2.18. The number of benzene rings is 1. The van der Waals surface area contributed by atoms with Crippen LogP contribution in [0.3, 0.4) is 0 Å². The van der Waals surface area contributed by atoms with E-state index in [2.05, 4.69) is 10.1 Å². The molecule has 20 heavy (non-hydrogen) atoms. The standard InChI is InChI=1S/C13H18F2N2O2.ClH/c1-13(2,16)8-17-11(18)7-9-3-5-10(6-4-9)19-12(14)15;/h3-6,12H,7-8,16H2,1-2H3,(H,17,18);1H. The van der Waals surface area contributed by atoms with Crippen LogP contribution in [-0.4, -0.2) is 24.6 Å². The maximum atomic E-state index is 11.9. The molecule has 0 radical (unpaired) electrons. The Morgan fingerprint density at radius 2 is 1.90 bits per heavy atom. The molecule has 0 atom stereocenters. The van der Waals surface area contributed by atoms with Crippen LogP contribution in [0.2, 0.25) is 0 Å². The largest absolute Gasteiger partial charge is 0.435 e. The maximum absolute atomic E-state index is 11.9. The molecule has 1 rings (SSSR count). The van der Waals surface area contributed by atoms with Crippen molar-refractivity contribution in [2.24, 2.45) is 5.73 Å². The number of nitrogens with two attached hydrogens (primary N) is 1. The van der Waals surface area contributed by atoms with Crippen LogP contribution < -0.4 is 15.8 Å². The highest BCUT2D eigenvalue weighted by molar-refractivity contribution is 5.85. The predicted molar refractivity (Wildman–Crippen MR) is 75.3 cm³/mol. The molecule has 1 aromatic rings. The van der Waals surface area contributed by atoms with Crippen molar-refractivity contribution in [2.75, 3.05) is 6.54 Å². The maximum Gasteiger partial charge on any atom is 0.387 e. The minimum absolute atomic E-state index is 0. The zero-order valence-electron chi connectivity index (χ0n) is 11.4. The molecule has 0 spiro atoms. The van der Waals surface area contributed by atoms with E-state index in [1.165, 1.54) is 12.1 Å². The van der Waals surface area contributed by atoms with Crippen LogP contribution in [0.15, 0.2) is 24.3 Å². The Balaban J connectivity index is 0.00000361. The average Bonchev–Trinajstić information content (AvgIpc) is 2.28. The monoisotopic (exact) mass is 308 g/mol. The van der Waals surface area contributed by atoms with Gasteiger partial charge in [0.25, 0.3) is 0 Å². The summed E-state index contributed by atoms with van der Waals surface area (Å²) in [6.07, 6.45) is 0.172. The van der Waals surface area contributed by atoms with E-state index in [1.807, 2.05) is 13.8 Å². The number of hydrogen-bond donors (Lipinski definition) is 2. The van der Waals surface area contributed by atoms with Crippen molar-refractivity contribution in [1.29, 1.82) is 0 Å². The number of rotatable bonds is 6. The molecule has 4 nitrogen and oxygen atoms in total. The van der Waals surface area contributed by atoms with Crippen molar-refractivity contribution in [2.45, 2.75) is 32.4 Å². The SMILES string of the molecule is CC(C)(N)CNC(=O)Cc1ccc(OC(F)F)cc1.Cl. The van der Waals surface area contributed by atoms with Gasteiger partial charge >= 0.3 is 6.61 Å². The topological polar surface area (TPSA) is 64.3 Å². The molecule has 0 saturated heterocycles. The number of halogens is 3. The van der Waals surface area contributed by atoms with E-state index in [-0.39, 0.29) is 30.5 Å². The summed E-state index contributed by atoms with van der Waals surface area (Å²) >= 11 is 0. The third kappa shape index (κ3) is 7.91. The van der Waals surface area contributed by atoms with E-state index in [9.17, 15) is 13.6 Å². The molecule has 0 unspecified atom stereocenters. The minimum Gasteiger partial charge on any atom is -0.435 e. The Hall–Kier alpha value is -1.40. The van der Waals surface area contributed by atoms with Crippen molar-refractivity contribution < 1.29 is 18.3 Å². The lowest BCUT2D eigenvalue weighted by Crippen LogP contribution is -2.45. The van der Waals surface area contributed by atoms with Crippen LogP contribution in [0, 0.1) is 0 Å². The fourth-order valence-corrected chi connectivity index (χ4v) is 1.36. The quantitative estimate of drug-likeness (QED) is 0.846. The molecule has 114 valence electrons. The Kier molecular flexibility index (Phi) is 7.45. The number of amides is 1. The van der Waals surface area contributed by atoms with Gasteiger partial charge in [0.15, 0.2) is 0 Å². The highest BCUT2D eigenvalue weighted by atomic mass is 35.5. The summed E-state index contributed by atoms with van der Waals surface area (Å²) in [6.45, 7) is 1.15. The van der Waals surface area contributed by atoms with Crippen LogP contribution in [0.4, 0.5) is 8.78 Å². The molecule has 0 saturated carbocycles. The van der Waals surface area contributed by atoms with Crippen molar-refractivity contribution >= 4 is 18.3 Å². The lowest BCUT2D eigenvalue weighted by molar-refractivity contribution is -0.120. The van der Waals surface area contributed by atoms with Crippen LogP contribution >= 0.6 is 12.4 Å². The second kappa shape index (κ2) is 8.01. The summed E-state index contributed by atoms with van der Waals surface area (Å²) < 4.78 is 28.1. The Labute approximate surface area is 123 Å². The molecule has 1 amide bonds. The van der Waals surface area contributed by atoms with E-state index < -0.39 is 12.2 Å². The third-order valence-corrected chi connectivity index (χ3v) is 2.25. The highest BCUT2D eigenvalue weighted by Crippen LogP contribution is 2.15. The molecule has 0 aliphatic carbocycles. The first-order chi connectivity index (χ1) is 8.76. The molecule has 0 aromatic heterocycles. The number of hydrogen-bond acceptors (Lipinski definition) is 3. The van der Waals surface area contributed by atoms with Gasteiger partial charge in [-0.3, -0.25) is 4.79 Å². The first-order valence-electron chi connectivity index (χ1n) is 5.85. The van der Waals surface area contributed by atoms with Crippen LogP contribution in [-0.2, 0) is 11.2 Å². The summed E-state index contributed by atoms with van der Waals surface area (Å²) in [5.41, 5.74) is 5.99. The van der Waals surface area contributed by atoms with Gasteiger partial charge < -0.3 is 15.8 Å². The van der Waals surface area contributed by atoms with Gasteiger partial charge in [0.1, 0.15) is 5.75 Å². The van der Waals surface area contributed by atoms with Gasteiger partial charge in [-0.25, -0.2) is 0 Å². The number of carbonyl (C=O) groups is 1. The number of alkyl halides is 2. The fraction of sp³-hybridized carbons (Fsp3) is 0.462. The van der Waals surface area contributed by atoms with Gasteiger partial charge in [-0.2, -0.15) is 8.78 Å². The smallest absolute Gasteiger partial charge is 0.387 e. The van der Waals surface area contributed by atoms with E-state index in [0.717, 1.165) is 0 Å². The van der Waals surface area contributed by atoms with Gasteiger partial charge in [0, 0.05) is 12.1 Å². The van der Waals surface area contributed by atoms with E-state index in [0.29, 0.717) is 12.1 Å². The van der Waals surface area contributed by atoms with Gasteiger partial charge in [-0.1, -0.05) is 12.1 Å². The molecule has 3 N–H and O–H groups in total. The van der Waals surface area contributed by atoms with Gasteiger partial charge in [0.2, 0.25) is 5.91 Å². The fourth-order valence-electron chi connectivity index (χ4n) is 1.36. The number of carbonyl (C=O) groups excluding carboxylic acids is 1. The first-order valence-corrected chi connectivity index (χ1v) is 5.85. The third-order valence-electron chi connectivity index (χ3n) is 2.25. The molecule has 0 bridgehead atoms. The van der Waals surface area contributed by atoms with E-state index >= 15 is 0 Å². The Morgan fingerprint density at radius 1 is 1.35 bits per heavy atom. The molecule has 1 aromatic carbocycles. The van der Waals surface area contributed by atoms with Crippen LogP contribution in [0.25, 0.3) is 0 Å². The highest BCUT2D eigenvalue weighted by Gasteiger charge is 2.12. The normalized spacial score (nSPS) is 10.9. The van der Waals surface area contributed by atoms with Crippen molar-refractivity contribution in [3.63, 3.8) is 0 Å². The summed E-state index contributed by atoms with van der Waals surface area (Å²) in [6, 6.07) is 5.96. The van der Waals surface area contributed by atoms with E-state index in [1.54, 1.807) is 12.1 Å². The summed E-state index contributed by atoms with van der Waals surface area (Å²) in [4.78, 5) is 11.6. The minimum atomic E-state index is -2.85. The van der Waals surface area contributed by atoms with Crippen molar-refractivity contribution in [3.8, 4) is 5.75 Å². The van der Waals surface area contributed by atoms with E-state index in [4.69, 9.17) is 5.73 Å². The molecule has 0 heterocycles. The Morgan fingerprint density at radius 3 is 2.35 bits per heavy atom. The number of nitrogens with one attached hydrogen (secondary N) is 1. The second-order valence-electron chi connectivity index (χ2n) is 4.96. The van der Waals surface area contributed by atoms with Gasteiger partial charge in [0.05, 0.1) is 6.42 Å².